The maximum absolute atomic E-state index is 11.7. The van der Waals surface area contributed by atoms with E-state index in [9.17, 15) is 9.59 Å². The predicted molar refractivity (Wildman–Crippen MR) is 89.5 cm³/mol. The summed E-state index contributed by atoms with van der Waals surface area (Å²) in [5, 5.41) is 12.4. The van der Waals surface area contributed by atoms with Gasteiger partial charge in [0.05, 0.1) is 0 Å². The average molecular weight is 338 g/mol. The van der Waals surface area contributed by atoms with Gasteiger partial charge in [-0.1, -0.05) is 28.0 Å². The summed E-state index contributed by atoms with van der Waals surface area (Å²) in [6, 6.07) is -0.739. The molecule has 1 rings (SSSR count). The van der Waals surface area contributed by atoms with Crippen LogP contribution in [0.3, 0.4) is 0 Å². The van der Waals surface area contributed by atoms with Gasteiger partial charge in [0.2, 0.25) is 5.91 Å². The highest BCUT2D eigenvalue weighted by Gasteiger charge is 2.19. The second-order valence-electron chi connectivity index (χ2n) is 4.81. The van der Waals surface area contributed by atoms with Gasteiger partial charge in [0.1, 0.15) is 6.04 Å². The molecule has 0 aromatic heterocycles. The highest BCUT2D eigenvalue weighted by molar-refractivity contribution is 8.77. The molecule has 1 unspecified atom stereocenters. The topological polar surface area (TPSA) is 66.4 Å². The number of carbonyl (C=O) groups is 2. The van der Waals surface area contributed by atoms with E-state index in [1.165, 1.54) is 18.6 Å². The fourth-order valence-electron chi connectivity index (χ4n) is 1.98. The van der Waals surface area contributed by atoms with Crippen LogP contribution in [-0.2, 0) is 9.59 Å². The number of carboxylic acids is 1. The number of carbonyl (C=O) groups excluding carboxylic acids is 1. The monoisotopic (exact) mass is 337 g/mol. The second-order valence-corrected chi connectivity index (χ2v) is 8.59. The van der Waals surface area contributed by atoms with Crippen molar-refractivity contribution in [3.8, 4) is 0 Å². The van der Waals surface area contributed by atoms with Gasteiger partial charge in [-0.15, -0.1) is 0 Å². The summed E-state index contributed by atoms with van der Waals surface area (Å²) in [6.45, 7) is 0. The smallest absolute Gasteiger partial charge is 0.326 e. The molecule has 0 aliphatic carbocycles. The zero-order valence-corrected chi connectivity index (χ0v) is 14.2. The number of nitrogens with one attached hydrogen (secondary N) is 1. The summed E-state index contributed by atoms with van der Waals surface area (Å²) < 4.78 is 0. The third-order valence-corrected chi connectivity index (χ3v) is 6.80. The molecule has 0 aromatic carbocycles. The van der Waals surface area contributed by atoms with Crippen molar-refractivity contribution < 1.29 is 14.7 Å². The first kappa shape index (κ1) is 18.0. The molecule has 20 heavy (non-hydrogen) atoms. The molecular weight excluding hydrogens is 314 g/mol. The number of hydrogen-bond donors (Lipinski definition) is 2. The highest BCUT2D eigenvalue weighted by atomic mass is 33.1. The lowest BCUT2D eigenvalue weighted by Crippen LogP contribution is -2.41. The number of unbranched alkanes of at least 4 members (excludes halogenated alkanes) is 1. The van der Waals surface area contributed by atoms with Gasteiger partial charge < -0.3 is 10.4 Å². The molecule has 7 heteroatoms. The van der Waals surface area contributed by atoms with Crippen LogP contribution in [0.15, 0.2) is 0 Å². The Bertz CT molecular complexity index is 309. The molecule has 1 aliphatic rings. The largest absolute Gasteiger partial charge is 0.480 e. The van der Waals surface area contributed by atoms with Crippen molar-refractivity contribution in [2.45, 2.75) is 49.8 Å². The van der Waals surface area contributed by atoms with Crippen LogP contribution in [0.5, 0.6) is 0 Å². The Labute approximate surface area is 133 Å². The van der Waals surface area contributed by atoms with E-state index in [-0.39, 0.29) is 5.91 Å². The summed E-state index contributed by atoms with van der Waals surface area (Å²) in [7, 11) is 3.90. The second kappa shape index (κ2) is 10.7. The first-order chi connectivity index (χ1) is 9.63. The van der Waals surface area contributed by atoms with Crippen LogP contribution >= 0.6 is 33.3 Å². The lowest BCUT2D eigenvalue weighted by Gasteiger charge is -2.14. The molecule has 0 saturated carbocycles. The molecular formula is C13H23NO3S3. The fraction of sp³-hybridized carbons (Fsp3) is 0.846. The Kier molecular flexibility index (Phi) is 9.63. The zero-order valence-electron chi connectivity index (χ0n) is 11.8. The molecule has 1 aliphatic heterocycles. The van der Waals surface area contributed by atoms with E-state index in [2.05, 4.69) is 5.32 Å². The van der Waals surface area contributed by atoms with Crippen LogP contribution in [0.2, 0.25) is 0 Å². The summed E-state index contributed by atoms with van der Waals surface area (Å²) >= 11 is 1.59. The minimum absolute atomic E-state index is 0.132. The van der Waals surface area contributed by atoms with E-state index in [0.29, 0.717) is 12.8 Å². The van der Waals surface area contributed by atoms with Crippen LogP contribution in [0.4, 0.5) is 0 Å². The summed E-state index contributed by atoms with van der Waals surface area (Å²) in [5.41, 5.74) is 0. The summed E-state index contributed by atoms with van der Waals surface area (Å²) in [5.74, 6) is 0.915. The number of aliphatic carboxylic acids is 1. The minimum Gasteiger partial charge on any atom is -0.480 e. The van der Waals surface area contributed by atoms with Crippen molar-refractivity contribution >= 4 is 45.2 Å². The van der Waals surface area contributed by atoms with E-state index >= 15 is 0 Å². The van der Waals surface area contributed by atoms with Crippen LogP contribution in [0.25, 0.3) is 0 Å². The van der Waals surface area contributed by atoms with Gasteiger partial charge in [0.25, 0.3) is 0 Å². The summed E-state index contributed by atoms with van der Waals surface area (Å²) in [4.78, 5) is 22.7. The van der Waals surface area contributed by atoms with Gasteiger partial charge in [-0.3, -0.25) is 4.79 Å². The first-order valence-corrected chi connectivity index (χ1v) is 10.7. The minimum atomic E-state index is -0.938. The molecule has 1 amide bonds. The van der Waals surface area contributed by atoms with Crippen LogP contribution in [-0.4, -0.2) is 46.0 Å². The van der Waals surface area contributed by atoms with Crippen LogP contribution < -0.4 is 5.32 Å². The molecule has 1 fully saturated rings. The van der Waals surface area contributed by atoms with Crippen molar-refractivity contribution in [2.24, 2.45) is 0 Å². The van der Waals surface area contributed by atoms with Crippen molar-refractivity contribution in [3.05, 3.63) is 0 Å². The van der Waals surface area contributed by atoms with Crippen molar-refractivity contribution in [1.29, 1.82) is 0 Å². The molecule has 116 valence electrons. The maximum atomic E-state index is 11.7. The fourth-order valence-corrected chi connectivity index (χ4v) is 5.48. The Balaban J connectivity index is 2.12. The van der Waals surface area contributed by atoms with Gasteiger partial charge in [-0.25, -0.2) is 4.79 Å². The SMILES string of the molecule is CSCC[C@H](NC(=O)CCCCC1CCSS1)C(=O)O. The molecule has 0 spiro atoms. The van der Waals surface area contributed by atoms with Crippen LogP contribution in [0, 0.1) is 0 Å². The van der Waals surface area contributed by atoms with Gasteiger partial charge in [0, 0.05) is 17.4 Å². The van der Waals surface area contributed by atoms with Gasteiger partial charge >= 0.3 is 5.97 Å². The summed E-state index contributed by atoms with van der Waals surface area (Å²) in [6.07, 6.45) is 7.19. The third-order valence-electron chi connectivity index (χ3n) is 3.15. The molecule has 2 N–H and O–H groups in total. The Hall–Kier alpha value is -0.0100. The molecule has 0 radical (unpaired) electrons. The van der Waals surface area contributed by atoms with E-state index in [1.54, 1.807) is 11.8 Å². The van der Waals surface area contributed by atoms with E-state index in [4.69, 9.17) is 5.11 Å². The van der Waals surface area contributed by atoms with Crippen LogP contribution in [0.1, 0.15) is 38.5 Å². The highest BCUT2D eigenvalue weighted by Crippen LogP contribution is 2.39. The number of thioether (sulfide) groups is 1. The standard InChI is InChI=1S/C13H23NO3S3/c1-18-8-7-11(13(16)17)14-12(15)5-3-2-4-10-6-9-19-20-10/h10-11H,2-9H2,1H3,(H,14,15)(H,16,17)/t10?,11-/m0/s1. The van der Waals surface area contributed by atoms with Gasteiger partial charge in [0.15, 0.2) is 0 Å². The van der Waals surface area contributed by atoms with Gasteiger partial charge in [-0.05, 0) is 37.7 Å². The Morgan fingerprint density at radius 3 is 2.85 bits per heavy atom. The van der Waals surface area contributed by atoms with Crippen molar-refractivity contribution in [3.63, 3.8) is 0 Å². The van der Waals surface area contributed by atoms with E-state index in [1.807, 2.05) is 27.8 Å². The Morgan fingerprint density at radius 1 is 1.45 bits per heavy atom. The van der Waals surface area contributed by atoms with Crippen molar-refractivity contribution in [2.75, 3.05) is 17.8 Å². The lowest BCUT2D eigenvalue weighted by molar-refractivity contribution is -0.141. The van der Waals surface area contributed by atoms with Crippen molar-refractivity contribution in [1.82, 2.24) is 5.32 Å². The van der Waals surface area contributed by atoms with Gasteiger partial charge in [-0.2, -0.15) is 11.8 Å². The molecule has 1 heterocycles. The number of carboxylic acid groups (broad SMARTS) is 1. The lowest BCUT2D eigenvalue weighted by atomic mass is 10.1. The normalized spacial score (nSPS) is 19.8. The van der Waals surface area contributed by atoms with E-state index < -0.39 is 12.0 Å². The molecule has 0 bridgehead atoms. The molecule has 1 saturated heterocycles. The maximum Gasteiger partial charge on any atom is 0.326 e. The number of amides is 1. The Morgan fingerprint density at radius 2 is 2.25 bits per heavy atom. The molecule has 2 atom stereocenters. The quantitative estimate of drug-likeness (QED) is 0.472. The third kappa shape index (κ3) is 7.69. The number of hydrogen-bond acceptors (Lipinski definition) is 5. The molecule has 4 nitrogen and oxygen atoms in total. The van der Waals surface area contributed by atoms with E-state index in [0.717, 1.165) is 23.8 Å². The molecule has 0 aromatic rings. The zero-order chi connectivity index (χ0) is 14.8. The number of rotatable bonds is 10. The predicted octanol–water partition coefficient (Wildman–Crippen LogP) is 3.02. The first-order valence-electron chi connectivity index (χ1n) is 6.93. The average Bonchev–Trinajstić information content (AvgIpc) is 2.92.